The molecule has 2 aliphatic heterocycles. The number of carbonyl (C=O) groups is 1. The van der Waals surface area contributed by atoms with Gasteiger partial charge in [0.15, 0.2) is 0 Å². The number of nitrogens with zero attached hydrogens (tertiary/aromatic N) is 3. The predicted octanol–water partition coefficient (Wildman–Crippen LogP) is 1.32. The van der Waals surface area contributed by atoms with E-state index in [9.17, 15) is 4.79 Å². The third-order valence-corrected chi connectivity index (χ3v) is 5.38. The Morgan fingerprint density at radius 3 is 3.05 bits per heavy atom. The van der Waals surface area contributed by atoms with Crippen molar-refractivity contribution < 1.29 is 9.53 Å². The second kappa shape index (κ2) is 6.42. The van der Waals surface area contributed by atoms with Gasteiger partial charge in [0.2, 0.25) is 5.91 Å². The standard InChI is InChI=1S/C15H23N3O2S/c1-17(2)15(19)5-11-9-20-10-12-6-18(7-13(11)12)8-14-16-3-4-21-14/h3-4,11-13H,5-10H2,1-2H3/t11-,12+,13-/m0/s1. The summed E-state index contributed by atoms with van der Waals surface area (Å²) in [6.45, 7) is 4.63. The minimum atomic E-state index is 0.211. The summed E-state index contributed by atoms with van der Waals surface area (Å²) in [6.07, 6.45) is 2.48. The van der Waals surface area contributed by atoms with Gasteiger partial charge >= 0.3 is 0 Å². The molecule has 0 spiro atoms. The van der Waals surface area contributed by atoms with Gasteiger partial charge in [-0.25, -0.2) is 4.98 Å². The van der Waals surface area contributed by atoms with Gasteiger partial charge in [0.25, 0.3) is 0 Å². The second-order valence-electron chi connectivity index (χ2n) is 6.33. The van der Waals surface area contributed by atoms with E-state index in [2.05, 4.69) is 9.88 Å². The van der Waals surface area contributed by atoms with Crippen LogP contribution < -0.4 is 0 Å². The average molecular weight is 309 g/mol. The molecule has 2 aliphatic rings. The van der Waals surface area contributed by atoms with Crippen LogP contribution in [0.25, 0.3) is 0 Å². The molecule has 3 heterocycles. The van der Waals surface area contributed by atoms with E-state index in [0.717, 1.165) is 32.8 Å². The van der Waals surface area contributed by atoms with E-state index >= 15 is 0 Å². The normalized spacial score (nSPS) is 29.3. The zero-order chi connectivity index (χ0) is 14.8. The molecule has 1 amide bonds. The first-order chi connectivity index (χ1) is 10.1. The van der Waals surface area contributed by atoms with Gasteiger partial charge in [0, 0.05) is 45.2 Å². The van der Waals surface area contributed by atoms with E-state index in [4.69, 9.17) is 4.74 Å². The molecule has 1 aromatic rings. The summed E-state index contributed by atoms with van der Waals surface area (Å²) in [7, 11) is 3.65. The maximum atomic E-state index is 12.0. The Kier molecular flexibility index (Phi) is 4.57. The molecule has 0 N–H and O–H groups in total. The van der Waals surface area contributed by atoms with Crippen LogP contribution in [-0.2, 0) is 16.1 Å². The molecule has 0 aromatic carbocycles. The fourth-order valence-corrected chi connectivity index (χ4v) is 4.12. The molecule has 1 aromatic heterocycles. The van der Waals surface area contributed by atoms with Gasteiger partial charge in [0.05, 0.1) is 19.8 Å². The molecule has 0 unspecified atom stereocenters. The van der Waals surface area contributed by atoms with Crippen LogP contribution in [0.4, 0.5) is 0 Å². The molecule has 2 fully saturated rings. The zero-order valence-corrected chi connectivity index (χ0v) is 13.5. The summed E-state index contributed by atoms with van der Waals surface area (Å²) >= 11 is 1.71. The molecule has 0 bridgehead atoms. The lowest BCUT2D eigenvalue weighted by molar-refractivity contribution is -0.132. The number of hydrogen-bond donors (Lipinski definition) is 0. The van der Waals surface area contributed by atoms with Crippen molar-refractivity contribution in [3.8, 4) is 0 Å². The molecule has 0 saturated carbocycles. The van der Waals surface area contributed by atoms with Gasteiger partial charge in [-0.3, -0.25) is 9.69 Å². The minimum absolute atomic E-state index is 0.211. The largest absolute Gasteiger partial charge is 0.381 e. The van der Waals surface area contributed by atoms with Gasteiger partial charge < -0.3 is 9.64 Å². The molecular formula is C15H23N3O2S. The Morgan fingerprint density at radius 1 is 1.48 bits per heavy atom. The van der Waals surface area contributed by atoms with Gasteiger partial charge in [-0.15, -0.1) is 11.3 Å². The van der Waals surface area contributed by atoms with E-state index in [1.54, 1.807) is 16.2 Å². The van der Waals surface area contributed by atoms with Crippen LogP contribution in [0.3, 0.4) is 0 Å². The fraction of sp³-hybridized carbons (Fsp3) is 0.733. The number of likely N-dealkylation sites (tertiary alicyclic amines) is 1. The first kappa shape index (κ1) is 14.9. The Labute approximate surface area is 129 Å². The highest BCUT2D eigenvalue weighted by Crippen LogP contribution is 2.36. The van der Waals surface area contributed by atoms with E-state index < -0.39 is 0 Å². The van der Waals surface area contributed by atoms with E-state index in [1.807, 2.05) is 25.7 Å². The van der Waals surface area contributed by atoms with Crippen LogP contribution in [0, 0.1) is 17.8 Å². The molecule has 6 heteroatoms. The third-order valence-electron chi connectivity index (χ3n) is 4.61. The summed E-state index contributed by atoms with van der Waals surface area (Å²) in [5, 5.41) is 3.20. The van der Waals surface area contributed by atoms with Crippen molar-refractivity contribution in [2.24, 2.45) is 17.8 Å². The number of hydrogen-bond acceptors (Lipinski definition) is 5. The van der Waals surface area contributed by atoms with Crippen LogP contribution in [0.5, 0.6) is 0 Å². The second-order valence-corrected chi connectivity index (χ2v) is 7.31. The van der Waals surface area contributed by atoms with Crippen LogP contribution in [0.1, 0.15) is 11.4 Å². The molecule has 0 aliphatic carbocycles. The number of carbonyl (C=O) groups excluding carboxylic acids is 1. The Bertz CT molecular complexity index is 477. The monoisotopic (exact) mass is 309 g/mol. The average Bonchev–Trinajstić information content (AvgIpc) is 3.08. The Hall–Kier alpha value is -0.980. The number of ether oxygens (including phenoxy) is 1. The quantitative estimate of drug-likeness (QED) is 0.841. The lowest BCUT2D eigenvalue weighted by atomic mass is 9.81. The van der Waals surface area contributed by atoms with Gasteiger partial charge in [-0.2, -0.15) is 0 Å². The maximum Gasteiger partial charge on any atom is 0.222 e. The SMILES string of the molecule is CN(C)C(=O)C[C@H]1COC[C@H]2CN(Cc3nccs3)C[C@@H]12. The summed E-state index contributed by atoms with van der Waals surface area (Å²) < 4.78 is 5.75. The summed E-state index contributed by atoms with van der Waals surface area (Å²) in [6, 6.07) is 0. The first-order valence-corrected chi connectivity index (χ1v) is 8.40. The van der Waals surface area contributed by atoms with E-state index in [-0.39, 0.29) is 5.91 Å². The molecule has 5 nitrogen and oxygen atoms in total. The molecule has 21 heavy (non-hydrogen) atoms. The van der Waals surface area contributed by atoms with Crippen molar-refractivity contribution in [2.45, 2.75) is 13.0 Å². The highest BCUT2D eigenvalue weighted by molar-refractivity contribution is 7.09. The number of aromatic nitrogens is 1. The van der Waals surface area contributed by atoms with Crippen LogP contribution in [0.2, 0.25) is 0 Å². The van der Waals surface area contributed by atoms with Crippen molar-refractivity contribution >= 4 is 17.2 Å². The van der Waals surface area contributed by atoms with Crippen LogP contribution >= 0.6 is 11.3 Å². The predicted molar refractivity (Wildman–Crippen MR) is 82.0 cm³/mol. The number of fused-ring (bicyclic) bond motifs is 1. The molecule has 2 saturated heterocycles. The number of amides is 1. The topological polar surface area (TPSA) is 45.7 Å². The van der Waals surface area contributed by atoms with Crippen molar-refractivity contribution in [1.82, 2.24) is 14.8 Å². The maximum absolute atomic E-state index is 12.0. The van der Waals surface area contributed by atoms with Crippen molar-refractivity contribution in [2.75, 3.05) is 40.4 Å². The van der Waals surface area contributed by atoms with Crippen LogP contribution in [-0.4, -0.2) is 61.1 Å². The van der Waals surface area contributed by atoms with E-state index in [0.29, 0.717) is 24.2 Å². The summed E-state index contributed by atoms with van der Waals surface area (Å²) in [4.78, 5) is 20.5. The van der Waals surface area contributed by atoms with Gasteiger partial charge in [-0.05, 0) is 17.8 Å². The fourth-order valence-electron chi connectivity index (χ4n) is 3.46. The Balaban J connectivity index is 1.61. The highest BCUT2D eigenvalue weighted by Gasteiger charge is 2.41. The zero-order valence-electron chi connectivity index (χ0n) is 12.7. The minimum Gasteiger partial charge on any atom is -0.381 e. The van der Waals surface area contributed by atoms with Crippen molar-refractivity contribution in [3.05, 3.63) is 16.6 Å². The van der Waals surface area contributed by atoms with Crippen LogP contribution in [0.15, 0.2) is 11.6 Å². The lowest BCUT2D eigenvalue weighted by Crippen LogP contribution is -2.38. The highest BCUT2D eigenvalue weighted by atomic mass is 32.1. The molecule has 0 radical (unpaired) electrons. The van der Waals surface area contributed by atoms with Crippen molar-refractivity contribution in [1.29, 1.82) is 0 Å². The Morgan fingerprint density at radius 2 is 2.33 bits per heavy atom. The third kappa shape index (κ3) is 3.44. The lowest BCUT2D eigenvalue weighted by Gasteiger charge is -2.33. The number of thiazole rings is 1. The molecule has 3 atom stereocenters. The van der Waals surface area contributed by atoms with Crippen molar-refractivity contribution in [3.63, 3.8) is 0 Å². The number of rotatable bonds is 4. The van der Waals surface area contributed by atoms with Gasteiger partial charge in [-0.1, -0.05) is 0 Å². The molecule has 3 rings (SSSR count). The molecule has 116 valence electrons. The summed E-state index contributed by atoms with van der Waals surface area (Å²) in [5.74, 6) is 1.73. The smallest absolute Gasteiger partial charge is 0.222 e. The summed E-state index contributed by atoms with van der Waals surface area (Å²) in [5.41, 5.74) is 0. The first-order valence-electron chi connectivity index (χ1n) is 7.52. The van der Waals surface area contributed by atoms with Gasteiger partial charge in [0.1, 0.15) is 5.01 Å². The van der Waals surface area contributed by atoms with E-state index in [1.165, 1.54) is 5.01 Å². The molecular weight excluding hydrogens is 286 g/mol.